The van der Waals surface area contributed by atoms with E-state index in [1.165, 1.54) is 13.0 Å². The van der Waals surface area contributed by atoms with Gasteiger partial charge < -0.3 is 20.4 Å². The van der Waals surface area contributed by atoms with Crippen molar-refractivity contribution >= 4 is 39.8 Å². The summed E-state index contributed by atoms with van der Waals surface area (Å²) in [4.78, 5) is 24.2. The first-order valence-corrected chi connectivity index (χ1v) is 12.2. The second kappa shape index (κ2) is 10.3. The van der Waals surface area contributed by atoms with E-state index in [1.54, 1.807) is 29.3 Å². The molecule has 1 amide bonds. The quantitative estimate of drug-likeness (QED) is 0.348. The number of carbonyl (C=O) groups is 1. The summed E-state index contributed by atoms with van der Waals surface area (Å²) in [5, 5.41) is 6.49. The zero-order valence-electron chi connectivity index (χ0n) is 21.0. The molecule has 7 nitrogen and oxygen atoms in total. The van der Waals surface area contributed by atoms with E-state index in [4.69, 9.17) is 0 Å². The number of carbonyl (C=O) groups excluding carboxylic acids is 1. The number of aromatic nitrogens is 2. The Morgan fingerprint density at radius 2 is 1.66 bits per heavy atom. The summed E-state index contributed by atoms with van der Waals surface area (Å²) in [5.41, 5.74) is 2.80. The van der Waals surface area contributed by atoms with Crippen molar-refractivity contribution in [3.8, 4) is 11.1 Å². The van der Waals surface area contributed by atoms with Crippen LogP contribution in [0.4, 0.5) is 36.2 Å². The molecule has 38 heavy (non-hydrogen) atoms. The SMILES string of the molecule is CC(=O)Nc1ccc(-c2cccc3cnc(Nc4ccc(N5CCN(C)CC5)c(C(F)(F)F)c4)nc23)cc1. The first-order valence-electron chi connectivity index (χ1n) is 12.2. The summed E-state index contributed by atoms with van der Waals surface area (Å²) in [6.07, 6.45) is -2.86. The van der Waals surface area contributed by atoms with Crippen LogP contribution >= 0.6 is 0 Å². The molecule has 0 aliphatic carbocycles. The van der Waals surface area contributed by atoms with Gasteiger partial charge in [-0.25, -0.2) is 9.97 Å². The highest BCUT2D eigenvalue weighted by molar-refractivity contribution is 5.94. The molecule has 4 aromatic rings. The molecule has 1 saturated heterocycles. The molecule has 1 fully saturated rings. The second-order valence-electron chi connectivity index (χ2n) is 9.34. The number of hydrogen-bond acceptors (Lipinski definition) is 6. The molecule has 0 saturated carbocycles. The first kappa shape index (κ1) is 25.5. The average molecular weight is 521 g/mol. The number of para-hydroxylation sites is 1. The molecule has 1 aromatic heterocycles. The van der Waals surface area contributed by atoms with Crippen molar-refractivity contribution in [2.24, 2.45) is 0 Å². The number of nitrogens with zero attached hydrogens (tertiary/aromatic N) is 4. The van der Waals surface area contributed by atoms with Crippen LogP contribution in [-0.2, 0) is 11.0 Å². The van der Waals surface area contributed by atoms with Crippen molar-refractivity contribution in [1.82, 2.24) is 14.9 Å². The predicted octanol–water partition coefficient (Wildman–Crippen LogP) is 5.77. The standard InChI is InChI=1S/C28H27F3N6O/c1-18(38)33-21-8-6-19(7-9-21)23-5-3-4-20-17-32-27(35-26(20)23)34-22-10-11-25(24(16-22)28(29,30)31)37-14-12-36(2)13-15-37/h3-11,16-17H,12-15H2,1-2H3,(H,33,38)(H,32,34,35). The molecule has 2 heterocycles. The normalized spacial score (nSPS) is 14.5. The Bertz CT molecular complexity index is 1460. The Hall–Kier alpha value is -4.18. The van der Waals surface area contributed by atoms with Crippen LogP contribution in [0.25, 0.3) is 22.0 Å². The molecule has 1 aliphatic heterocycles. The van der Waals surface area contributed by atoms with Crippen molar-refractivity contribution in [2.75, 3.05) is 48.8 Å². The van der Waals surface area contributed by atoms with E-state index in [-0.39, 0.29) is 23.2 Å². The van der Waals surface area contributed by atoms with E-state index in [2.05, 4.69) is 25.5 Å². The molecular weight excluding hydrogens is 493 g/mol. The highest BCUT2D eigenvalue weighted by Gasteiger charge is 2.35. The summed E-state index contributed by atoms with van der Waals surface area (Å²) in [5.74, 6) is 0.0388. The largest absolute Gasteiger partial charge is 0.418 e. The highest BCUT2D eigenvalue weighted by atomic mass is 19.4. The third-order valence-corrected chi connectivity index (χ3v) is 6.53. The summed E-state index contributed by atoms with van der Waals surface area (Å²) < 4.78 is 42.1. The molecule has 1 aliphatic rings. The lowest BCUT2D eigenvalue weighted by molar-refractivity contribution is -0.137. The number of nitrogens with one attached hydrogen (secondary N) is 2. The molecule has 3 aromatic carbocycles. The van der Waals surface area contributed by atoms with Crippen LogP contribution in [0.1, 0.15) is 12.5 Å². The molecule has 0 spiro atoms. The van der Waals surface area contributed by atoms with Gasteiger partial charge in [-0.05, 0) is 42.9 Å². The van der Waals surface area contributed by atoms with Crippen LogP contribution < -0.4 is 15.5 Å². The minimum atomic E-state index is -4.50. The summed E-state index contributed by atoms with van der Waals surface area (Å²) in [7, 11) is 1.96. The van der Waals surface area contributed by atoms with Gasteiger partial charge in [0.2, 0.25) is 11.9 Å². The van der Waals surface area contributed by atoms with Crippen LogP contribution in [-0.4, -0.2) is 54.0 Å². The van der Waals surface area contributed by atoms with Crippen LogP contribution in [0.2, 0.25) is 0 Å². The first-order chi connectivity index (χ1) is 18.2. The second-order valence-corrected chi connectivity index (χ2v) is 9.34. The van der Waals surface area contributed by atoms with Crippen LogP contribution in [0.15, 0.2) is 66.9 Å². The van der Waals surface area contributed by atoms with Gasteiger partial charge >= 0.3 is 6.18 Å². The van der Waals surface area contributed by atoms with Gasteiger partial charge in [0, 0.05) is 67.3 Å². The van der Waals surface area contributed by atoms with Crippen molar-refractivity contribution in [3.63, 3.8) is 0 Å². The van der Waals surface area contributed by atoms with Gasteiger partial charge in [-0.3, -0.25) is 4.79 Å². The van der Waals surface area contributed by atoms with Crippen LogP contribution in [0.3, 0.4) is 0 Å². The summed E-state index contributed by atoms with van der Waals surface area (Å²) in [6.45, 7) is 3.94. The van der Waals surface area contributed by atoms with Gasteiger partial charge in [0.25, 0.3) is 0 Å². The number of alkyl halides is 3. The van der Waals surface area contributed by atoms with Gasteiger partial charge in [-0.2, -0.15) is 13.2 Å². The lowest BCUT2D eigenvalue weighted by atomic mass is 10.0. The fourth-order valence-electron chi connectivity index (χ4n) is 4.58. The third-order valence-electron chi connectivity index (χ3n) is 6.53. The molecule has 0 atom stereocenters. The molecule has 5 rings (SSSR count). The predicted molar refractivity (Wildman–Crippen MR) is 144 cm³/mol. The number of hydrogen-bond donors (Lipinski definition) is 2. The fraction of sp³-hybridized carbons (Fsp3) is 0.250. The zero-order valence-corrected chi connectivity index (χ0v) is 21.0. The summed E-state index contributed by atoms with van der Waals surface area (Å²) in [6, 6.07) is 17.3. The number of fused-ring (bicyclic) bond motifs is 1. The lowest BCUT2D eigenvalue weighted by Crippen LogP contribution is -2.45. The van der Waals surface area contributed by atoms with Crippen molar-refractivity contribution in [1.29, 1.82) is 0 Å². The number of halogens is 3. The van der Waals surface area contributed by atoms with Crippen molar-refractivity contribution in [3.05, 3.63) is 72.4 Å². The van der Waals surface area contributed by atoms with E-state index in [9.17, 15) is 18.0 Å². The Morgan fingerprint density at radius 1 is 0.947 bits per heavy atom. The summed E-state index contributed by atoms with van der Waals surface area (Å²) >= 11 is 0. The maximum atomic E-state index is 14.0. The van der Waals surface area contributed by atoms with Crippen LogP contribution in [0, 0.1) is 0 Å². The van der Waals surface area contributed by atoms with Gasteiger partial charge in [-0.15, -0.1) is 0 Å². The molecule has 0 radical (unpaired) electrons. The maximum absolute atomic E-state index is 14.0. The number of benzene rings is 3. The Morgan fingerprint density at radius 3 is 2.34 bits per heavy atom. The smallest absolute Gasteiger partial charge is 0.368 e. The van der Waals surface area contributed by atoms with E-state index >= 15 is 0 Å². The number of piperazine rings is 1. The Kier molecular flexibility index (Phi) is 6.90. The molecular formula is C28H27F3N6O. The van der Waals surface area contributed by atoms with Gasteiger partial charge in [0.05, 0.1) is 11.1 Å². The minimum absolute atomic E-state index is 0.156. The number of amides is 1. The fourth-order valence-corrected chi connectivity index (χ4v) is 4.58. The average Bonchev–Trinajstić information content (AvgIpc) is 2.88. The maximum Gasteiger partial charge on any atom is 0.418 e. The minimum Gasteiger partial charge on any atom is -0.368 e. The van der Waals surface area contributed by atoms with Gasteiger partial charge in [0.1, 0.15) is 0 Å². The number of likely N-dealkylation sites (N-methyl/N-ethyl adjacent to an activating group) is 1. The molecule has 0 unspecified atom stereocenters. The number of rotatable bonds is 5. The van der Waals surface area contributed by atoms with E-state index in [0.717, 1.165) is 22.6 Å². The molecule has 2 N–H and O–H groups in total. The van der Waals surface area contributed by atoms with Crippen molar-refractivity contribution in [2.45, 2.75) is 13.1 Å². The highest BCUT2D eigenvalue weighted by Crippen LogP contribution is 2.39. The van der Waals surface area contributed by atoms with Crippen LogP contribution in [0.5, 0.6) is 0 Å². The number of anilines is 4. The zero-order chi connectivity index (χ0) is 26.9. The molecule has 0 bridgehead atoms. The van der Waals surface area contributed by atoms with E-state index < -0.39 is 11.7 Å². The van der Waals surface area contributed by atoms with Gasteiger partial charge in [0.15, 0.2) is 0 Å². The van der Waals surface area contributed by atoms with Gasteiger partial charge in [-0.1, -0.05) is 30.3 Å². The Balaban J connectivity index is 1.45. The lowest BCUT2D eigenvalue weighted by Gasteiger charge is -2.35. The monoisotopic (exact) mass is 520 g/mol. The molecule has 10 heteroatoms. The third kappa shape index (κ3) is 5.55. The molecule has 196 valence electrons. The topological polar surface area (TPSA) is 73.4 Å². The van der Waals surface area contributed by atoms with E-state index in [1.807, 2.05) is 37.4 Å². The Labute approximate surface area is 218 Å². The van der Waals surface area contributed by atoms with E-state index in [0.29, 0.717) is 37.4 Å². The van der Waals surface area contributed by atoms with Crippen molar-refractivity contribution < 1.29 is 18.0 Å².